The zero-order chi connectivity index (χ0) is 25.6. The van der Waals surface area contributed by atoms with Crippen LogP contribution in [0.15, 0.2) is 30.6 Å². The van der Waals surface area contributed by atoms with Crippen molar-refractivity contribution in [1.82, 2.24) is 25.5 Å². The number of pyridine rings is 1. The summed E-state index contributed by atoms with van der Waals surface area (Å²) in [5, 5.41) is 13.1. The van der Waals surface area contributed by atoms with Crippen LogP contribution in [0.2, 0.25) is 0 Å². The van der Waals surface area contributed by atoms with Crippen LogP contribution in [-0.2, 0) is 6.54 Å². The summed E-state index contributed by atoms with van der Waals surface area (Å²) >= 11 is 0. The number of aromatic amines is 1. The molecule has 3 aliphatic heterocycles. The van der Waals surface area contributed by atoms with Crippen LogP contribution in [-0.4, -0.2) is 72.4 Å². The van der Waals surface area contributed by atoms with Gasteiger partial charge in [-0.25, -0.2) is 0 Å². The Morgan fingerprint density at radius 2 is 1.89 bits per heavy atom. The van der Waals surface area contributed by atoms with Gasteiger partial charge in [-0.05, 0) is 49.7 Å². The molecule has 2 saturated heterocycles. The second-order valence-electron chi connectivity index (χ2n) is 9.69. The normalized spacial score (nSPS) is 17.9. The van der Waals surface area contributed by atoms with Crippen molar-refractivity contribution >= 4 is 29.1 Å². The van der Waals surface area contributed by atoms with E-state index in [9.17, 15) is 9.59 Å². The topological polar surface area (TPSA) is 138 Å². The summed E-state index contributed by atoms with van der Waals surface area (Å²) in [7, 11) is 3.06. The molecular weight excluding hydrogens is 476 g/mol. The summed E-state index contributed by atoms with van der Waals surface area (Å²) in [4.78, 5) is 38.3. The molecule has 3 aliphatic rings. The third kappa shape index (κ3) is 4.02. The quantitative estimate of drug-likeness (QED) is 0.459. The van der Waals surface area contributed by atoms with Crippen molar-refractivity contribution in [3.63, 3.8) is 0 Å². The smallest absolute Gasteiger partial charge is 0.293 e. The van der Waals surface area contributed by atoms with E-state index in [2.05, 4.69) is 35.7 Å². The third-order valence-corrected chi connectivity index (χ3v) is 7.45. The number of hydrogen-bond donors (Lipinski definition) is 3. The maximum absolute atomic E-state index is 13.0. The molecule has 1 spiro atoms. The van der Waals surface area contributed by atoms with E-state index < -0.39 is 5.91 Å². The van der Waals surface area contributed by atoms with E-state index in [0.717, 1.165) is 50.3 Å². The maximum atomic E-state index is 13.0. The predicted octanol–water partition coefficient (Wildman–Crippen LogP) is 1.82. The Morgan fingerprint density at radius 3 is 2.65 bits per heavy atom. The second-order valence-corrected chi connectivity index (χ2v) is 9.69. The molecule has 37 heavy (non-hydrogen) atoms. The van der Waals surface area contributed by atoms with E-state index in [1.807, 2.05) is 6.07 Å². The number of benzene rings is 1. The molecule has 12 heteroatoms. The standard InChI is InChI=1S/C25H28N8O4/c1-36-19-9-15-12-33(23(35)16(15)10-20(19)37-2)24-29-21(30-31-24)22(34)28-17-11-27-6-3-18(17)32-13-25(14-32)4-7-26-8-5-25/h3,6,9-11,26H,4-5,7-8,12-14H2,1-2H3,(H,28,34)(H,29,30,31). The Kier molecular flexibility index (Phi) is 5.67. The zero-order valence-electron chi connectivity index (χ0n) is 20.7. The van der Waals surface area contributed by atoms with Crippen molar-refractivity contribution in [3.05, 3.63) is 47.5 Å². The number of rotatable bonds is 6. The highest BCUT2D eigenvalue weighted by Crippen LogP contribution is 2.43. The van der Waals surface area contributed by atoms with E-state index in [1.54, 1.807) is 31.6 Å². The fraction of sp³-hybridized carbons (Fsp3) is 0.400. The molecule has 0 unspecified atom stereocenters. The third-order valence-electron chi connectivity index (χ3n) is 7.45. The van der Waals surface area contributed by atoms with Crippen molar-refractivity contribution in [1.29, 1.82) is 0 Å². The first-order valence-corrected chi connectivity index (χ1v) is 12.2. The van der Waals surface area contributed by atoms with Crippen LogP contribution in [0.4, 0.5) is 17.3 Å². The Hall–Kier alpha value is -4.19. The highest BCUT2D eigenvalue weighted by atomic mass is 16.5. The van der Waals surface area contributed by atoms with Gasteiger partial charge in [0.05, 0.1) is 38.3 Å². The fourth-order valence-corrected chi connectivity index (χ4v) is 5.42. The van der Waals surface area contributed by atoms with Crippen molar-refractivity contribution < 1.29 is 19.1 Å². The molecule has 2 aromatic heterocycles. The molecule has 2 amide bonds. The number of nitrogens with zero attached hydrogens (tertiary/aromatic N) is 5. The van der Waals surface area contributed by atoms with Gasteiger partial charge in [0.15, 0.2) is 11.5 Å². The minimum Gasteiger partial charge on any atom is -0.493 e. The lowest BCUT2D eigenvalue weighted by Gasteiger charge is -2.53. The van der Waals surface area contributed by atoms with E-state index >= 15 is 0 Å². The summed E-state index contributed by atoms with van der Waals surface area (Å²) in [6.07, 6.45) is 5.69. The molecular formula is C25H28N8O4. The molecule has 0 bridgehead atoms. The van der Waals surface area contributed by atoms with Crippen molar-refractivity contribution in [3.8, 4) is 11.5 Å². The van der Waals surface area contributed by atoms with Crippen LogP contribution in [0.25, 0.3) is 0 Å². The molecule has 12 nitrogen and oxygen atoms in total. The van der Waals surface area contributed by atoms with Crippen LogP contribution in [0.3, 0.4) is 0 Å². The molecule has 0 radical (unpaired) electrons. The van der Waals surface area contributed by atoms with Crippen molar-refractivity contribution in [2.75, 3.05) is 55.5 Å². The molecule has 3 aromatic rings. The molecule has 0 aliphatic carbocycles. The number of methoxy groups -OCH3 is 2. The molecule has 5 heterocycles. The molecule has 192 valence electrons. The lowest BCUT2D eigenvalue weighted by Crippen LogP contribution is -2.60. The molecule has 0 saturated carbocycles. The Balaban J connectivity index is 1.16. The Labute approximate surface area is 213 Å². The van der Waals surface area contributed by atoms with Crippen molar-refractivity contribution in [2.24, 2.45) is 5.41 Å². The first kappa shape index (κ1) is 23.2. The number of anilines is 3. The average molecular weight is 505 g/mol. The van der Waals surface area contributed by atoms with Gasteiger partial charge in [-0.2, -0.15) is 4.98 Å². The number of ether oxygens (including phenoxy) is 2. The van der Waals surface area contributed by atoms with Gasteiger partial charge in [0, 0.05) is 30.3 Å². The highest BCUT2D eigenvalue weighted by molar-refractivity contribution is 6.10. The lowest BCUT2D eigenvalue weighted by molar-refractivity contribution is 0.0990. The minimum atomic E-state index is -0.461. The van der Waals surface area contributed by atoms with Crippen LogP contribution < -0.4 is 29.9 Å². The fourth-order valence-electron chi connectivity index (χ4n) is 5.42. The number of H-pyrrole nitrogens is 1. The molecule has 0 atom stereocenters. The number of aromatic nitrogens is 4. The first-order valence-electron chi connectivity index (χ1n) is 12.2. The minimum absolute atomic E-state index is 0.00200. The molecule has 2 fully saturated rings. The van der Waals surface area contributed by atoms with E-state index in [4.69, 9.17) is 9.47 Å². The summed E-state index contributed by atoms with van der Waals surface area (Å²) in [5.74, 6) is 0.380. The van der Waals surface area contributed by atoms with Crippen LogP contribution in [0, 0.1) is 5.41 Å². The predicted molar refractivity (Wildman–Crippen MR) is 135 cm³/mol. The summed E-state index contributed by atoms with van der Waals surface area (Å²) in [5.41, 5.74) is 3.14. The number of amides is 2. The Bertz CT molecular complexity index is 1360. The van der Waals surface area contributed by atoms with Gasteiger partial charge in [0.1, 0.15) is 0 Å². The number of carbonyl (C=O) groups excluding carboxylic acids is 2. The average Bonchev–Trinajstić information content (AvgIpc) is 3.52. The van der Waals surface area contributed by atoms with Crippen molar-refractivity contribution in [2.45, 2.75) is 19.4 Å². The van der Waals surface area contributed by atoms with E-state index in [0.29, 0.717) is 28.2 Å². The Morgan fingerprint density at radius 1 is 1.14 bits per heavy atom. The molecule has 1 aromatic carbocycles. The SMILES string of the molecule is COc1cc2c(cc1OC)C(=O)N(c1n[nH]c(C(=O)Nc3cnccc3N3CC4(CCNCC4)C3)n1)C2. The zero-order valence-corrected chi connectivity index (χ0v) is 20.7. The molecule has 3 N–H and O–H groups in total. The number of nitrogens with one attached hydrogen (secondary N) is 3. The summed E-state index contributed by atoms with van der Waals surface area (Å²) in [6.45, 7) is 4.27. The monoisotopic (exact) mass is 504 g/mol. The van der Waals surface area contributed by atoms with Gasteiger partial charge in [-0.3, -0.25) is 24.6 Å². The number of fused-ring (bicyclic) bond motifs is 1. The van der Waals surface area contributed by atoms with Gasteiger partial charge in [-0.1, -0.05) is 0 Å². The number of hydrogen-bond acceptors (Lipinski definition) is 9. The highest BCUT2D eigenvalue weighted by Gasteiger charge is 2.44. The van der Waals surface area contributed by atoms with Crippen LogP contribution in [0.1, 0.15) is 39.4 Å². The van der Waals surface area contributed by atoms with E-state index in [-0.39, 0.29) is 24.2 Å². The summed E-state index contributed by atoms with van der Waals surface area (Å²) < 4.78 is 10.7. The number of piperidine rings is 1. The van der Waals surface area contributed by atoms with Gasteiger partial charge < -0.3 is 25.0 Å². The van der Waals surface area contributed by atoms with Gasteiger partial charge in [-0.15, -0.1) is 5.10 Å². The van der Waals surface area contributed by atoms with E-state index in [1.165, 1.54) is 12.0 Å². The van der Waals surface area contributed by atoms with Gasteiger partial charge in [0.25, 0.3) is 17.8 Å². The summed E-state index contributed by atoms with van der Waals surface area (Å²) in [6, 6.07) is 5.32. The maximum Gasteiger partial charge on any atom is 0.293 e. The second kappa shape index (κ2) is 9.04. The molecule has 6 rings (SSSR count). The number of carbonyl (C=O) groups is 2. The van der Waals surface area contributed by atoms with Gasteiger partial charge >= 0.3 is 0 Å². The lowest BCUT2D eigenvalue weighted by atomic mass is 9.72. The van der Waals surface area contributed by atoms with Crippen LogP contribution >= 0.6 is 0 Å². The first-order chi connectivity index (χ1) is 18.0. The van der Waals surface area contributed by atoms with Gasteiger partial charge in [0.2, 0.25) is 5.82 Å². The van der Waals surface area contributed by atoms with Crippen LogP contribution in [0.5, 0.6) is 11.5 Å². The largest absolute Gasteiger partial charge is 0.493 e.